The summed E-state index contributed by atoms with van der Waals surface area (Å²) in [6.07, 6.45) is -0.0289. The summed E-state index contributed by atoms with van der Waals surface area (Å²) in [4.78, 5) is 20.4. The molecule has 16 heteroatoms. The maximum atomic E-state index is 16.9. The topological polar surface area (TPSA) is 117 Å². The summed E-state index contributed by atoms with van der Waals surface area (Å²) in [5.74, 6) is -2.29. The van der Waals surface area contributed by atoms with Gasteiger partial charge in [0.25, 0.3) is 0 Å². The van der Waals surface area contributed by atoms with Crippen LogP contribution in [0.25, 0.3) is 32.1 Å². The van der Waals surface area contributed by atoms with Crippen molar-refractivity contribution in [1.29, 1.82) is 5.26 Å². The number of ether oxygens (including phenoxy) is 1. The van der Waals surface area contributed by atoms with E-state index < -0.39 is 46.2 Å². The molecule has 7 rings (SSSR count). The molecule has 2 aliphatic rings. The Morgan fingerprint density at radius 3 is 2.77 bits per heavy atom. The molecule has 5 heterocycles. The molecule has 2 aliphatic heterocycles. The Bertz CT molecular complexity index is 2100. The van der Waals surface area contributed by atoms with Gasteiger partial charge in [0.2, 0.25) is 0 Å². The van der Waals surface area contributed by atoms with Gasteiger partial charge in [-0.25, -0.2) is 13.2 Å². The highest BCUT2D eigenvalue weighted by molar-refractivity contribution is 7.23. The molecule has 2 fully saturated rings. The summed E-state index contributed by atoms with van der Waals surface area (Å²) in [6.45, 7) is 0.968. The molecule has 0 saturated carbocycles. The van der Waals surface area contributed by atoms with Crippen molar-refractivity contribution in [2.24, 2.45) is 0 Å². The molecule has 3 aromatic heterocycles. The van der Waals surface area contributed by atoms with Crippen LogP contribution in [0.5, 0.6) is 6.01 Å². The molecule has 2 saturated heterocycles. The maximum Gasteiger partial charge on any atom is 0.417 e. The largest absolute Gasteiger partial charge is 0.461 e. The van der Waals surface area contributed by atoms with Gasteiger partial charge in [-0.3, -0.25) is 14.9 Å². The Hall–Kier alpha value is -4.75. The highest BCUT2D eigenvalue weighted by atomic mass is 32.1. The highest BCUT2D eigenvalue weighted by Crippen LogP contribution is 2.48. The van der Waals surface area contributed by atoms with Crippen molar-refractivity contribution >= 4 is 43.1 Å². The summed E-state index contributed by atoms with van der Waals surface area (Å²) in [7, 11) is 1.54. The van der Waals surface area contributed by atoms with E-state index in [4.69, 9.17) is 10.5 Å². The maximum absolute atomic E-state index is 16.9. The minimum absolute atomic E-state index is 0.0142. The van der Waals surface area contributed by atoms with Gasteiger partial charge in [-0.15, -0.1) is 11.3 Å². The van der Waals surface area contributed by atoms with Crippen LogP contribution in [0.15, 0.2) is 36.8 Å². The predicted molar refractivity (Wildman–Crippen MR) is 167 cm³/mol. The number of aromatic nitrogens is 4. The monoisotopic (exact) mass is 684 g/mol. The average molecular weight is 685 g/mol. The molecule has 9 nitrogen and oxygen atoms in total. The molecule has 0 aliphatic carbocycles. The van der Waals surface area contributed by atoms with E-state index in [0.29, 0.717) is 30.0 Å². The Morgan fingerprint density at radius 1 is 1.23 bits per heavy atom. The van der Waals surface area contributed by atoms with E-state index in [1.165, 1.54) is 30.5 Å². The van der Waals surface area contributed by atoms with Gasteiger partial charge >= 0.3 is 12.2 Å². The number of nitriles is 1. The van der Waals surface area contributed by atoms with E-state index >= 15 is 4.39 Å². The minimum Gasteiger partial charge on any atom is -0.461 e. The van der Waals surface area contributed by atoms with E-state index in [0.717, 1.165) is 24.6 Å². The molecule has 0 amide bonds. The molecule has 2 unspecified atom stereocenters. The lowest BCUT2D eigenvalue weighted by molar-refractivity contribution is -0.137. The number of nitrogens with zero attached hydrogens (tertiary/aromatic N) is 7. The van der Waals surface area contributed by atoms with Crippen LogP contribution < -0.4 is 15.4 Å². The molecule has 248 valence electrons. The Kier molecular flexibility index (Phi) is 7.79. The van der Waals surface area contributed by atoms with Crippen molar-refractivity contribution in [3.8, 4) is 23.2 Å². The van der Waals surface area contributed by atoms with Gasteiger partial charge in [0, 0.05) is 48.7 Å². The van der Waals surface area contributed by atoms with Gasteiger partial charge < -0.3 is 15.4 Å². The molecule has 2 N–H and O–H groups in total. The lowest BCUT2D eigenvalue weighted by Crippen LogP contribution is -2.43. The van der Waals surface area contributed by atoms with Crippen LogP contribution in [-0.2, 0) is 12.7 Å². The first-order chi connectivity index (χ1) is 22.9. The Balaban J connectivity index is 1.45. The highest BCUT2D eigenvalue weighted by Gasteiger charge is 2.49. The van der Waals surface area contributed by atoms with Crippen LogP contribution in [0.2, 0.25) is 0 Å². The number of anilines is 2. The second-order valence-corrected chi connectivity index (χ2v) is 13.1. The Morgan fingerprint density at radius 2 is 2.04 bits per heavy atom. The zero-order chi connectivity index (χ0) is 34.0. The zero-order valence-corrected chi connectivity index (χ0v) is 26.1. The molecule has 2 aromatic carbocycles. The summed E-state index contributed by atoms with van der Waals surface area (Å²) < 4.78 is 96.6. The summed E-state index contributed by atoms with van der Waals surface area (Å²) in [6, 6.07) is 4.12. The number of alkyl halides is 4. The van der Waals surface area contributed by atoms with Crippen LogP contribution in [0.1, 0.15) is 36.1 Å². The van der Waals surface area contributed by atoms with Crippen molar-refractivity contribution in [3.05, 3.63) is 65.2 Å². The number of thiophene rings is 1. The van der Waals surface area contributed by atoms with Gasteiger partial charge in [-0.2, -0.15) is 28.4 Å². The van der Waals surface area contributed by atoms with Crippen molar-refractivity contribution in [1.82, 2.24) is 24.8 Å². The minimum atomic E-state index is -5.11. The van der Waals surface area contributed by atoms with E-state index in [-0.39, 0.29) is 69.5 Å². The number of rotatable bonds is 7. The standard InChI is InChI=1S/C32H26F6N8OS/c1-45(14-17-12-41-6-7-42-17)29-19-9-21(32(36,37)38)24(18-3-4-22(34)27-23(18)20(11-39)28(40)48-27)25(35)26(19)43-30(44-29)47-15-31-5-2-8-46(31)13-16(33)10-31/h3-4,6-7,9,12,16H,2,5,8,10,13-15,40H2,1H3. The van der Waals surface area contributed by atoms with Crippen LogP contribution in [-0.4, -0.2) is 63.3 Å². The number of fused-ring (bicyclic) bond motifs is 3. The fourth-order valence-corrected chi connectivity index (χ4v) is 7.87. The molecule has 0 bridgehead atoms. The molecular weight excluding hydrogens is 658 g/mol. The third kappa shape index (κ3) is 5.30. The SMILES string of the molecule is CN(Cc1cnccn1)c1nc(OCC23CCCN2CC(F)C3)nc2c(F)c(-c3ccc(F)c4sc(N)c(C#N)c34)c(C(F)(F)F)cc12. The number of halogens is 6. The summed E-state index contributed by atoms with van der Waals surface area (Å²) in [5.41, 5.74) is 2.31. The van der Waals surface area contributed by atoms with Gasteiger partial charge in [-0.1, -0.05) is 6.07 Å². The molecule has 2 atom stereocenters. The van der Waals surface area contributed by atoms with Crippen molar-refractivity contribution in [2.45, 2.75) is 43.7 Å². The van der Waals surface area contributed by atoms with Gasteiger partial charge in [0.05, 0.1) is 39.8 Å². The second kappa shape index (κ2) is 11.7. The zero-order valence-electron chi connectivity index (χ0n) is 25.3. The van der Waals surface area contributed by atoms with Gasteiger partial charge in [0.1, 0.15) is 41.0 Å². The smallest absolute Gasteiger partial charge is 0.417 e. The average Bonchev–Trinajstić information content (AvgIpc) is 3.69. The summed E-state index contributed by atoms with van der Waals surface area (Å²) in [5, 5.41) is 9.14. The molecular formula is C32H26F6N8OS. The first-order valence-corrected chi connectivity index (χ1v) is 15.7. The lowest BCUT2D eigenvalue weighted by Gasteiger charge is -2.31. The number of nitrogens with two attached hydrogens (primary N) is 1. The number of nitrogen functional groups attached to an aromatic ring is 1. The number of hydrogen-bond donors (Lipinski definition) is 1. The third-order valence-electron chi connectivity index (χ3n) is 9.00. The van der Waals surface area contributed by atoms with Crippen LogP contribution >= 0.6 is 11.3 Å². The summed E-state index contributed by atoms with van der Waals surface area (Å²) >= 11 is 0.680. The van der Waals surface area contributed by atoms with Gasteiger partial charge in [-0.05, 0) is 37.1 Å². The third-order valence-corrected chi connectivity index (χ3v) is 10.0. The van der Waals surface area contributed by atoms with Crippen molar-refractivity contribution < 1.29 is 31.1 Å². The molecule has 5 aromatic rings. The van der Waals surface area contributed by atoms with E-state index in [9.17, 15) is 27.2 Å². The normalized spacial score (nSPS) is 19.6. The van der Waals surface area contributed by atoms with E-state index in [1.54, 1.807) is 0 Å². The van der Waals surface area contributed by atoms with Crippen LogP contribution in [0.4, 0.5) is 37.2 Å². The molecule has 0 radical (unpaired) electrons. The quantitative estimate of drug-likeness (QED) is 0.188. The Labute approximate surface area is 273 Å². The van der Waals surface area contributed by atoms with E-state index in [2.05, 4.69) is 19.9 Å². The lowest BCUT2D eigenvalue weighted by atomic mass is 9.92. The first-order valence-electron chi connectivity index (χ1n) is 14.9. The number of hydrogen-bond acceptors (Lipinski definition) is 10. The second-order valence-electron chi connectivity index (χ2n) is 12.0. The first kappa shape index (κ1) is 31.8. The fourth-order valence-electron chi connectivity index (χ4n) is 6.92. The molecule has 48 heavy (non-hydrogen) atoms. The predicted octanol–water partition coefficient (Wildman–Crippen LogP) is 6.64. The van der Waals surface area contributed by atoms with E-state index in [1.807, 2.05) is 11.0 Å². The van der Waals surface area contributed by atoms with Crippen LogP contribution in [0, 0.1) is 23.0 Å². The van der Waals surface area contributed by atoms with Crippen molar-refractivity contribution in [3.63, 3.8) is 0 Å². The van der Waals surface area contributed by atoms with Crippen molar-refractivity contribution in [2.75, 3.05) is 37.4 Å². The number of benzene rings is 2. The van der Waals surface area contributed by atoms with Crippen LogP contribution in [0.3, 0.4) is 0 Å². The van der Waals surface area contributed by atoms with Gasteiger partial charge in [0.15, 0.2) is 5.82 Å². The fraction of sp³-hybridized carbons (Fsp3) is 0.344. The molecule has 0 spiro atoms.